The lowest BCUT2D eigenvalue weighted by molar-refractivity contribution is 0.123. The molecule has 0 aromatic heterocycles. The van der Waals surface area contributed by atoms with Gasteiger partial charge in [0.2, 0.25) is 0 Å². The van der Waals surface area contributed by atoms with Crippen molar-refractivity contribution in [3.63, 3.8) is 0 Å². The molecule has 0 bridgehead atoms. The Bertz CT molecular complexity index is 611. The van der Waals surface area contributed by atoms with E-state index in [2.05, 4.69) is 6.58 Å². The fourth-order valence-electron chi connectivity index (χ4n) is 1.91. The summed E-state index contributed by atoms with van der Waals surface area (Å²) in [5.74, 6) is 0.00275. The quantitative estimate of drug-likeness (QED) is 0.880. The summed E-state index contributed by atoms with van der Waals surface area (Å²) < 4.78 is 25.5. The Morgan fingerprint density at radius 2 is 1.95 bits per heavy atom. The predicted molar refractivity (Wildman–Crippen MR) is 76.9 cm³/mol. The van der Waals surface area contributed by atoms with Crippen LogP contribution in [-0.4, -0.2) is 23.0 Å². The summed E-state index contributed by atoms with van der Waals surface area (Å²) in [5.41, 5.74) is 1.27. The van der Waals surface area contributed by atoms with E-state index in [1.54, 1.807) is 18.2 Å². The summed E-state index contributed by atoms with van der Waals surface area (Å²) in [6.45, 7) is 3.18. The molecule has 1 aromatic rings. The van der Waals surface area contributed by atoms with Gasteiger partial charge in [0.1, 0.15) is 5.75 Å². The maximum absolute atomic E-state index is 12.7. The highest BCUT2D eigenvalue weighted by molar-refractivity contribution is 6.33. The second kappa shape index (κ2) is 5.85. The van der Waals surface area contributed by atoms with E-state index in [0.717, 1.165) is 0 Å². The van der Waals surface area contributed by atoms with Crippen LogP contribution >= 0.6 is 23.2 Å². The number of allylic oxidation sites excluding steroid dienone is 3. The highest BCUT2D eigenvalue weighted by Gasteiger charge is 2.24. The smallest absolute Gasteiger partial charge is 0.256 e. The van der Waals surface area contributed by atoms with Crippen molar-refractivity contribution in [1.29, 1.82) is 0 Å². The Morgan fingerprint density at radius 1 is 1.25 bits per heavy atom. The molecule has 0 amide bonds. The summed E-state index contributed by atoms with van der Waals surface area (Å²) in [6, 6.07) is 4.34. The van der Waals surface area contributed by atoms with Gasteiger partial charge in [-0.2, -0.15) is 0 Å². The van der Waals surface area contributed by atoms with Crippen LogP contribution in [0.2, 0.25) is 5.02 Å². The number of alkyl halides is 2. The molecule has 20 heavy (non-hydrogen) atoms. The van der Waals surface area contributed by atoms with Crippen LogP contribution in [0.5, 0.6) is 5.75 Å². The summed E-state index contributed by atoms with van der Waals surface area (Å²) in [4.78, 5) is 1.31. The molecule has 106 valence electrons. The number of phenols is 1. The summed E-state index contributed by atoms with van der Waals surface area (Å²) in [6.07, 6.45) is 0.621. The Kier molecular flexibility index (Phi) is 4.35. The van der Waals surface area contributed by atoms with E-state index in [1.807, 2.05) is 0 Å². The minimum Gasteiger partial charge on any atom is -0.508 e. The third kappa shape index (κ3) is 2.97. The number of nitrogens with zero attached hydrogens (tertiary/aromatic N) is 1. The highest BCUT2D eigenvalue weighted by atomic mass is 35.5. The number of halogens is 4. The molecule has 0 fully saturated rings. The zero-order chi connectivity index (χ0) is 14.9. The van der Waals surface area contributed by atoms with E-state index < -0.39 is 13.0 Å². The maximum Gasteiger partial charge on any atom is 0.256 e. The topological polar surface area (TPSA) is 23.5 Å². The van der Waals surface area contributed by atoms with Crippen LogP contribution < -0.4 is 0 Å². The molecular weight excluding hydrogens is 307 g/mol. The first-order chi connectivity index (χ1) is 9.40. The van der Waals surface area contributed by atoms with Crippen LogP contribution in [-0.2, 0) is 0 Å². The van der Waals surface area contributed by atoms with E-state index >= 15 is 0 Å². The highest BCUT2D eigenvalue weighted by Crippen LogP contribution is 2.36. The van der Waals surface area contributed by atoms with Gasteiger partial charge in [-0.1, -0.05) is 29.8 Å². The number of phenolic OH excluding ortho intramolecular Hbond substituents is 1. The third-order valence-corrected chi connectivity index (χ3v) is 3.49. The van der Waals surface area contributed by atoms with Crippen molar-refractivity contribution in [2.24, 2.45) is 0 Å². The van der Waals surface area contributed by atoms with Crippen LogP contribution in [0.3, 0.4) is 0 Å². The van der Waals surface area contributed by atoms with Crippen LogP contribution in [0.15, 0.2) is 47.7 Å². The Hall–Kier alpha value is -1.52. The molecule has 1 aliphatic rings. The van der Waals surface area contributed by atoms with Gasteiger partial charge in [0, 0.05) is 5.56 Å². The minimum atomic E-state index is -2.55. The number of hydrogen-bond donors (Lipinski definition) is 1. The average molecular weight is 318 g/mol. The van der Waals surface area contributed by atoms with Gasteiger partial charge in [-0.15, -0.1) is 0 Å². The van der Waals surface area contributed by atoms with Gasteiger partial charge in [-0.3, -0.25) is 0 Å². The second-order valence-electron chi connectivity index (χ2n) is 4.18. The molecule has 0 aliphatic carbocycles. The zero-order valence-corrected chi connectivity index (χ0v) is 11.8. The monoisotopic (exact) mass is 317 g/mol. The summed E-state index contributed by atoms with van der Waals surface area (Å²) >= 11 is 12.0. The molecule has 0 saturated carbocycles. The van der Waals surface area contributed by atoms with Gasteiger partial charge < -0.3 is 10.0 Å². The first-order valence-electron chi connectivity index (χ1n) is 5.71. The van der Waals surface area contributed by atoms with E-state index in [1.165, 1.54) is 17.0 Å². The van der Waals surface area contributed by atoms with E-state index in [9.17, 15) is 13.9 Å². The molecular formula is C14H11Cl2F2NO. The van der Waals surface area contributed by atoms with Crippen molar-refractivity contribution >= 4 is 28.9 Å². The molecule has 2 rings (SSSR count). The van der Waals surface area contributed by atoms with Crippen molar-refractivity contribution in [3.8, 4) is 5.75 Å². The predicted octanol–water partition coefficient (Wildman–Crippen LogP) is 4.60. The molecule has 0 radical (unpaired) electrons. The summed E-state index contributed by atoms with van der Waals surface area (Å²) in [5, 5.41) is 9.91. The molecule has 1 aromatic carbocycles. The number of benzene rings is 1. The number of hydrogen-bond acceptors (Lipinski definition) is 2. The second-order valence-corrected chi connectivity index (χ2v) is 4.99. The van der Waals surface area contributed by atoms with Crippen LogP contribution in [0.1, 0.15) is 5.56 Å². The molecule has 1 N–H and O–H groups in total. The van der Waals surface area contributed by atoms with Crippen molar-refractivity contribution in [1.82, 2.24) is 4.90 Å². The molecule has 6 heteroatoms. The standard InChI is InChI=1S/C14H11Cl2F2NO/c1-8-11(15)4-5-13(19(8)7-14(17)18)10-3-2-9(20)6-12(10)16/h2-6,14,20H,1,7H2. The van der Waals surface area contributed by atoms with Crippen molar-refractivity contribution < 1.29 is 13.9 Å². The zero-order valence-electron chi connectivity index (χ0n) is 10.3. The Labute approximate surface area is 125 Å². The Morgan fingerprint density at radius 3 is 2.55 bits per heavy atom. The molecule has 1 aliphatic heterocycles. The van der Waals surface area contributed by atoms with Gasteiger partial charge in [0.25, 0.3) is 6.43 Å². The fourth-order valence-corrected chi connectivity index (χ4v) is 2.34. The van der Waals surface area contributed by atoms with Crippen LogP contribution in [0.4, 0.5) is 8.78 Å². The lowest BCUT2D eigenvalue weighted by Gasteiger charge is -2.31. The van der Waals surface area contributed by atoms with E-state index in [4.69, 9.17) is 23.2 Å². The first-order valence-corrected chi connectivity index (χ1v) is 6.47. The van der Waals surface area contributed by atoms with Gasteiger partial charge in [0.15, 0.2) is 0 Å². The number of rotatable bonds is 3. The molecule has 0 unspecified atom stereocenters. The molecule has 2 nitrogen and oxygen atoms in total. The fraction of sp³-hybridized carbons (Fsp3) is 0.143. The van der Waals surface area contributed by atoms with Crippen LogP contribution in [0.25, 0.3) is 5.70 Å². The normalized spacial score (nSPS) is 15.4. The number of aromatic hydroxyl groups is 1. The van der Waals surface area contributed by atoms with Gasteiger partial charge in [-0.25, -0.2) is 8.78 Å². The minimum absolute atomic E-state index is 0.00275. The van der Waals surface area contributed by atoms with Crippen LogP contribution in [0, 0.1) is 0 Å². The van der Waals surface area contributed by atoms with Gasteiger partial charge in [0.05, 0.1) is 28.0 Å². The van der Waals surface area contributed by atoms with Crippen molar-refractivity contribution in [2.75, 3.05) is 6.54 Å². The first kappa shape index (κ1) is 14.9. The average Bonchev–Trinajstić information content (AvgIpc) is 2.36. The largest absolute Gasteiger partial charge is 0.508 e. The van der Waals surface area contributed by atoms with Crippen molar-refractivity contribution in [3.05, 3.63) is 58.2 Å². The lowest BCUT2D eigenvalue weighted by Crippen LogP contribution is -2.28. The van der Waals surface area contributed by atoms with E-state index in [0.29, 0.717) is 16.3 Å². The molecule has 0 atom stereocenters. The lowest BCUT2D eigenvalue weighted by atomic mass is 10.1. The van der Waals surface area contributed by atoms with Crippen molar-refractivity contribution in [2.45, 2.75) is 6.43 Å². The molecule has 0 spiro atoms. The maximum atomic E-state index is 12.7. The van der Waals surface area contributed by atoms with Gasteiger partial charge in [-0.05, 0) is 30.4 Å². The third-order valence-electron chi connectivity index (χ3n) is 2.83. The SMILES string of the molecule is C=C1C(Cl)=CC=C(c2ccc(O)cc2Cl)N1CC(F)F. The summed E-state index contributed by atoms with van der Waals surface area (Å²) in [7, 11) is 0. The molecule has 0 saturated heterocycles. The van der Waals surface area contributed by atoms with E-state index in [-0.39, 0.29) is 16.5 Å². The Balaban J connectivity index is 2.48. The van der Waals surface area contributed by atoms with Gasteiger partial charge >= 0.3 is 0 Å². The molecule has 1 heterocycles.